The van der Waals surface area contributed by atoms with Gasteiger partial charge in [0.25, 0.3) is 5.91 Å². The first kappa shape index (κ1) is 19.4. The second kappa shape index (κ2) is 6.65. The first-order valence-electron chi connectivity index (χ1n) is 8.48. The summed E-state index contributed by atoms with van der Waals surface area (Å²) < 4.78 is 42.6. The van der Waals surface area contributed by atoms with Crippen molar-refractivity contribution in [3.05, 3.63) is 45.5 Å². The molecule has 27 heavy (non-hydrogen) atoms. The predicted molar refractivity (Wildman–Crippen MR) is 90.9 cm³/mol. The van der Waals surface area contributed by atoms with Gasteiger partial charge in [0.05, 0.1) is 22.6 Å². The highest BCUT2D eigenvalue weighted by atomic mass is 19.2. The van der Waals surface area contributed by atoms with Gasteiger partial charge in [-0.25, -0.2) is 13.2 Å². The van der Waals surface area contributed by atoms with Crippen LogP contribution in [0.2, 0.25) is 0 Å². The van der Waals surface area contributed by atoms with E-state index in [1.54, 1.807) is 6.92 Å². The van der Waals surface area contributed by atoms with Crippen molar-refractivity contribution in [2.45, 2.75) is 38.5 Å². The number of likely N-dealkylation sites (tertiary alicyclic amines) is 1. The smallest absolute Gasteiger partial charge is 0.259 e. The lowest BCUT2D eigenvalue weighted by Crippen LogP contribution is -2.55. The Labute approximate surface area is 152 Å². The molecule has 0 bridgehead atoms. The van der Waals surface area contributed by atoms with Gasteiger partial charge in [0.1, 0.15) is 5.56 Å². The summed E-state index contributed by atoms with van der Waals surface area (Å²) in [7, 11) is 0. The Bertz CT molecular complexity index is 987. The molecule has 1 aromatic carbocycles. The molecule has 0 saturated carbocycles. The molecule has 3 rings (SSSR count). The van der Waals surface area contributed by atoms with Gasteiger partial charge >= 0.3 is 0 Å². The van der Waals surface area contributed by atoms with Crippen molar-refractivity contribution >= 4 is 16.8 Å². The van der Waals surface area contributed by atoms with Gasteiger partial charge in [-0.1, -0.05) is 0 Å². The molecule has 2 heterocycles. The Morgan fingerprint density at radius 1 is 1.33 bits per heavy atom. The number of halogens is 3. The van der Waals surface area contributed by atoms with Crippen molar-refractivity contribution in [3.8, 4) is 0 Å². The van der Waals surface area contributed by atoms with Crippen molar-refractivity contribution < 1.29 is 28.2 Å². The molecule has 1 aliphatic heterocycles. The third kappa shape index (κ3) is 3.10. The van der Waals surface area contributed by atoms with Crippen molar-refractivity contribution in [1.82, 2.24) is 9.47 Å². The zero-order valence-corrected chi connectivity index (χ0v) is 14.8. The first-order chi connectivity index (χ1) is 12.6. The van der Waals surface area contributed by atoms with E-state index >= 15 is 0 Å². The maximum atomic E-state index is 14.2. The molecule has 2 unspecified atom stereocenters. The molecule has 0 spiro atoms. The quantitative estimate of drug-likeness (QED) is 0.767. The summed E-state index contributed by atoms with van der Waals surface area (Å²) >= 11 is 0. The molecule has 1 fully saturated rings. The van der Waals surface area contributed by atoms with E-state index in [0.717, 1.165) is 6.20 Å². The number of fused-ring (bicyclic) bond motifs is 1. The highest BCUT2D eigenvalue weighted by Crippen LogP contribution is 2.25. The fraction of sp³-hybridized carbons (Fsp3) is 0.444. The Morgan fingerprint density at radius 3 is 2.59 bits per heavy atom. The zero-order valence-electron chi connectivity index (χ0n) is 14.8. The monoisotopic (exact) mass is 384 g/mol. The minimum absolute atomic E-state index is 0.0959. The van der Waals surface area contributed by atoms with Crippen LogP contribution in [-0.2, 0) is 6.54 Å². The topological polar surface area (TPSA) is 82.8 Å². The van der Waals surface area contributed by atoms with Gasteiger partial charge in [-0.3, -0.25) is 9.59 Å². The summed E-state index contributed by atoms with van der Waals surface area (Å²) in [5.41, 5.74) is -3.04. The maximum absolute atomic E-state index is 14.2. The number of amides is 1. The van der Waals surface area contributed by atoms with Crippen molar-refractivity contribution in [2.75, 3.05) is 13.1 Å². The summed E-state index contributed by atoms with van der Waals surface area (Å²) in [4.78, 5) is 26.7. The summed E-state index contributed by atoms with van der Waals surface area (Å²) in [6, 6.07) is 0.578. The van der Waals surface area contributed by atoms with Crippen LogP contribution < -0.4 is 5.43 Å². The number of piperidine rings is 1. The van der Waals surface area contributed by atoms with Crippen LogP contribution >= 0.6 is 0 Å². The number of β-amino-alcohol motifs (C(OH)–C–C–N with tert-alkyl or cyclic N) is 1. The maximum Gasteiger partial charge on any atom is 0.259 e. The molecule has 1 saturated heterocycles. The number of nitrogens with zero attached hydrogens (tertiary/aromatic N) is 2. The summed E-state index contributed by atoms with van der Waals surface area (Å²) in [6.07, 6.45) is 0.00395. The van der Waals surface area contributed by atoms with E-state index in [2.05, 4.69) is 0 Å². The average molecular weight is 384 g/mol. The fourth-order valence-electron chi connectivity index (χ4n) is 3.24. The number of benzene rings is 1. The third-order valence-corrected chi connectivity index (χ3v) is 5.06. The van der Waals surface area contributed by atoms with Crippen LogP contribution in [0.3, 0.4) is 0 Å². The SMILES string of the molecule is CCn1cc(C(=O)N2CCC(C)(O)C(O)C2)c(=O)c2cc(F)c(F)c(F)c21. The molecule has 2 atom stereocenters. The number of carbonyl (C=O) groups excluding carboxylic acids is 1. The van der Waals surface area contributed by atoms with Crippen LogP contribution in [0.25, 0.3) is 10.9 Å². The lowest BCUT2D eigenvalue weighted by atomic mass is 9.90. The van der Waals surface area contributed by atoms with Crippen LogP contribution in [0, 0.1) is 17.5 Å². The Kier molecular flexibility index (Phi) is 4.77. The third-order valence-electron chi connectivity index (χ3n) is 5.06. The van der Waals surface area contributed by atoms with E-state index in [4.69, 9.17) is 0 Å². The van der Waals surface area contributed by atoms with E-state index in [9.17, 15) is 33.0 Å². The van der Waals surface area contributed by atoms with Crippen molar-refractivity contribution in [2.24, 2.45) is 0 Å². The highest BCUT2D eigenvalue weighted by Gasteiger charge is 2.38. The minimum Gasteiger partial charge on any atom is -0.388 e. The molecular formula is C18H19F3N2O4. The molecule has 1 amide bonds. The Balaban J connectivity index is 2.13. The van der Waals surface area contributed by atoms with E-state index in [-0.39, 0.29) is 31.6 Å². The molecule has 1 aliphatic rings. The number of hydrogen-bond acceptors (Lipinski definition) is 4. The number of hydrogen-bond donors (Lipinski definition) is 2. The molecule has 0 aliphatic carbocycles. The highest BCUT2D eigenvalue weighted by molar-refractivity contribution is 5.97. The number of aliphatic hydroxyl groups excluding tert-OH is 1. The summed E-state index contributed by atoms with van der Waals surface area (Å²) in [5, 5.41) is 19.5. The normalized spacial score (nSPS) is 23.1. The van der Waals surface area contributed by atoms with Crippen LogP contribution in [0.4, 0.5) is 13.2 Å². The van der Waals surface area contributed by atoms with Gasteiger partial charge in [0.2, 0.25) is 5.43 Å². The first-order valence-corrected chi connectivity index (χ1v) is 8.48. The van der Waals surface area contributed by atoms with E-state index in [0.29, 0.717) is 6.07 Å². The number of rotatable bonds is 2. The molecule has 2 aromatic rings. The Hall–Kier alpha value is -2.39. The van der Waals surface area contributed by atoms with E-state index < -0.39 is 51.4 Å². The minimum atomic E-state index is -1.69. The predicted octanol–water partition coefficient (Wildman–Crippen LogP) is 1.40. The number of aryl methyl sites for hydroxylation is 1. The van der Waals surface area contributed by atoms with Crippen LogP contribution in [-0.4, -0.2) is 50.4 Å². The van der Waals surface area contributed by atoms with Gasteiger partial charge in [-0.2, -0.15) is 0 Å². The summed E-state index contributed by atoms with van der Waals surface area (Å²) in [6.45, 7) is 3.05. The molecule has 2 N–H and O–H groups in total. The van der Waals surface area contributed by atoms with E-state index in [1.807, 2.05) is 0 Å². The van der Waals surface area contributed by atoms with Gasteiger partial charge in [0.15, 0.2) is 17.5 Å². The second-order valence-electron chi connectivity index (χ2n) is 6.91. The largest absolute Gasteiger partial charge is 0.388 e. The van der Waals surface area contributed by atoms with E-state index in [1.165, 1.54) is 16.4 Å². The second-order valence-corrected chi connectivity index (χ2v) is 6.91. The van der Waals surface area contributed by atoms with Crippen molar-refractivity contribution in [3.63, 3.8) is 0 Å². The van der Waals surface area contributed by atoms with Crippen LogP contribution in [0.1, 0.15) is 30.6 Å². The number of carbonyl (C=O) groups is 1. The van der Waals surface area contributed by atoms with Gasteiger partial charge in [-0.05, 0) is 26.3 Å². The molecular weight excluding hydrogens is 365 g/mol. The number of pyridine rings is 1. The fourth-order valence-corrected chi connectivity index (χ4v) is 3.24. The zero-order chi connectivity index (χ0) is 20.1. The van der Waals surface area contributed by atoms with Crippen LogP contribution in [0.5, 0.6) is 0 Å². The molecule has 0 radical (unpaired) electrons. The lowest BCUT2D eigenvalue weighted by molar-refractivity contribution is -0.0999. The molecule has 9 heteroatoms. The Morgan fingerprint density at radius 2 is 2.00 bits per heavy atom. The standard InChI is InChI=1S/C18H19F3N2O4/c1-3-22-7-10(17(26)23-5-4-18(2,27)12(24)8-23)16(25)9-6-11(19)13(20)14(21)15(9)22/h6-7,12,24,27H,3-5,8H2,1-2H3. The lowest BCUT2D eigenvalue weighted by Gasteiger charge is -2.39. The van der Waals surface area contributed by atoms with Gasteiger partial charge in [-0.15, -0.1) is 0 Å². The summed E-state index contributed by atoms with van der Waals surface area (Å²) in [5.74, 6) is -5.44. The van der Waals surface area contributed by atoms with Crippen LogP contribution in [0.15, 0.2) is 17.1 Å². The molecule has 1 aromatic heterocycles. The number of aromatic nitrogens is 1. The van der Waals surface area contributed by atoms with Crippen molar-refractivity contribution in [1.29, 1.82) is 0 Å². The molecule has 6 nitrogen and oxygen atoms in total. The number of aliphatic hydroxyl groups is 2. The molecule has 146 valence electrons. The van der Waals surface area contributed by atoms with Gasteiger partial charge < -0.3 is 19.7 Å². The average Bonchev–Trinajstić information content (AvgIpc) is 2.62. The van der Waals surface area contributed by atoms with Gasteiger partial charge in [0, 0.05) is 25.8 Å².